The van der Waals surface area contributed by atoms with Gasteiger partial charge in [0.15, 0.2) is 5.03 Å². The fourth-order valence-electron chi connectivity index (χ4n) is 3.33. The molecule has 3 aromatic rings. The summed E-state index contributed by atoms with van der Waals surface area (Å²) in [4.78, 5) is 17.4. The number of nitrogens with one attached hydrogen (secondary N) is 1. The van der Waals surface area contributed by atoms with E-state index >= 15 is 0 Å². The number of hydrazine groups is 1. The van der Waals surface area contributed by atoms with Crippen LogP contribution in [-0.2, 0) is 10.0 Å². The number of hydrogen-bond donors (Lipinski definition) is 1. The van der Waals surface area contributed by atoms with Gasteiger partial charge < -0.3 is 4.74 Å². The first kappa shape index (κ1) is 25.0. The third kappa shape index (κ3) is 5.29. The van der Waals surface area contributed by atoms with Gasteiger partial charge in [-0.05, 0) is 47.4 Å². The van der Waals surface area contributed by atoms with Gasteiger partial charge in [0.05, 0.1) is 12.8 Å². The van der Waals surface area contributed by atoms with Crippen LogP contribution in [-0.4, -0.2) is 55.8 Å². The zero-order valence-corrected chi connectivity index (χ0v) is 20.2. The number of sulfonamides is 1. The summed E-state index contributed by atoms with van der Waals surface area (Å²) in [5, 5.41) is 9.24. The lowest BCUT2D eigenvalue weighted by molar-refractivity contribution is 0.235. The van der Waals surface area contributed by atoms with Crippen molar-refractivity contribution < 1.29 is 22.3 Å². The Morgan fingerprint density at radius 2 is 1.88 bits per heavy atom. The number of pyridine rings is 1. The molecule has 0 aliphatic heterocycles. The quantitative estimate of drug-likeness (QED) is 0.504. The smallest absolute Gasteiger partial charge is 0.350 e. The van der Waals surface area contributed by atoms with Crippen molar-refractivity contribution in [3.05, 3.63) is 60.2 Å². The number of ether oxygens (including phenoxy) is 1. The van der Waals surface area contributed by atoms with Gasteiger partial charge in [-0.3, -0.25) is 0 Å². The second-order valence-corrected chi connectivity index (χ2v) is 9.39. The Bertz CT molecular complexity index is 1290. The van der Waals surface area contributed by atoms with Gasteiger partial charge in [-0.2, -0.15) is 13.5 Å². The summed E-state index contributed by atoms with van der Waals surface area (Å²) >= 11 is 0. The molecule has 0 bridgehead atoms. The molecule has 3 rings (SSSR count). The summed E-state index contributed by atoms with van der Waals surface area (Å²) in [6.45, 7) is 3.69. The minimum Gasteiger partial charge on any atom is -0.481 e. The van der Waals surface area contributed by atoms with E-state index in [1.165, 1.54) is 48.8 Å². The fourth-order valence-corrected chi connectivity index (χ4v) is 4.16. The van der Waals surface area contributed by atoms with Crippen LogP contribution < -0.4 is 14.5 Å². The number of carbonyl (C=O) groups excluding carboxylic acids is 1. The predicted octanol–water partition coefficient (Wildman–Crippen LogP) is 3.19. The summed E-state index contributed by atoms with van der Waals surface area (Å²) in [5.74, 6) is -0.422. The highest BCUT2D eigenvalue weighted by molar-refractivity contribution is 7.90. The zero-order chi connectivity index (χ0) is 25.0. The Morgan fingerprint density at radius 3 is 2.47 bits per heavy atom. The third-order valence-corrected chi connectivity index (χ3v) is 6.04. The standard InChI is InChI=1S/C22H25FN6O4S/c1-14(2)17-12-16(23)13-18(15-8-10-24-19(11-15)33-5)21(17)29(28(3)4)22(30)27-34(31,32)20-7-6-9-25-26-20/h6-14H,1-5H3,(H,27,30). The van der Waals surface area contributed by atoms with Gasteiger partial charge in [0.1, 0.15) is 5.82 Å². The molecule has 2 aromatic heterocycles. The summed E-state index contributed by atoms with van der Waals surface area (Å²) < 4.78 is 47.4. The molecule has 0 saturated carbocycles. The van der Waals surface area contributed by atoms with Gasteiger partial charge in [0.25, 0.3) is 10.0 Å². The van der Waals surface area contributed by atoms with Crippen LogP contribution in [0.2, 0.25) is 0 Å². The first-order valence-corrected chi connectivity index (χ1v) is 11.7. The highest BCUT2D eigenvalue weighted by Gasteiger charge is 2.30. The van der Waals surface area contributed by atoms with Crippen molar-refractivity contribution in [2.24, 2.45) is 0 Å². The molecule has 180 valence electrons. The van der Waals surface area contributed by atoms with E-state index in [2.05, 4.69) is 15.2 Å². The average Bonchev–Trinajstić information content (AvgIpc) is 2.79. The molecule has 34 heavy (non-hydrogen) atoms. The van der Waals surface area contributed by atoms with Crippen molar-refractivity contribution in [1.29, 1.82) is 0 Å². The Kier molecular flexibility index (Phi) is 7.42. The summed E-state index contributed by atoms with van der Waals surface area (Å²) in [7, 11) is 0.269. The molecule has 0 unspecified atom stereocenters. The summed E-state index contributed by atoms with van der Waals surface area (Å²) in [6, 6.07) is 7.47. The number of urea groups is 1. The summed E-state index contributed by atoms with van der Waals surface area (Å²) in [5.41, 5.74) is 1.68. The van der Waals surface area contributed by atoms with Gasteiger partial charge >= 0.3 is 6.03 Å². The normalized spacial score (nSPS) is 11.5. The van der Waals surface area contributed by atoms with E-state index in [0.717, 1.165) is 5.01 Å². The fraction of sp³-hybridized carbons (Fsp3) is 0.273. The van der Waals surface area contributed by atoms with Crippen LogP contribution in [0.1, 0.15) is 25.3 Å². The lowest BCUT2D eigenvalue weighted by Crippen LogP contribution is -2.50. The van der Waals surface area contributed by atoms with Crippen LogP contribution in [0.3, 0.4) is 0 Å². The molecule has 12 heteroatoms. The highest BCUT2D eigenvalue weighted by Crippen LogP contribution is 2.39. The monoisotopic (exact) mass is 488 g/mol. The van der Waals surface area contributed by atoms with Crippen LogP contribution in [0, 0.1) is 5.82 Å². The maximum absolute atomic E-state index is 14.7. The largest absolute Gasteiger partial charge is 0.481 e. The molecule has 0 radical (unpaired) electrons. The summed E-state index contributed by atoms with van der Waals surface area (Å²) in [6.07, 6.45) is 2.81. The first-order valence-electron chi connectivity index (χ1n) is 10.2. The number of benzene rings is 1. The van der Waals surface area contributed by atoms with Gasteiger partial charge in [-0.1, -0.05) is 13.8 Å². The van der Waals surface area contributed by atoms with Crippen LogP contribution in [0.25, 0.3) is 11.1 Å². The lowest BCUT2D eigenvalue weighted by Gasteiger charge is -2.33. The maximum Gasteiger partial charge on any atom is 0.350 e. The molecule has 0 aliphatic carbocycles. The number of carbonyl (C=O) groups is 1. The number of amides is 2. The molecule has 0 fully saturated rings. The van der Waals surface area contributed by atoms with Crippen LogP contribution in [0.5, 0.6) is 5.88 Å². The Morgan fingerprint density at radius 1 is 1.15 bits per heavy atom. The second-order valence-electron chi connectivity index (χ2n) is 7.76. The SMILES string of the molecule is COc1cc(-c2cc(F)cc(C(C)C)c2N(C(=O)NS(=O)(=O)c2cccnn2)N(C)C)ccn1. The zero-order valence-electron chi connectivity index (χ0n) is 19.4. The van der Waals surface area contributed by atoms with E-state index in [0.29, 0.717) is 28.3 Å². The van der Waals surface area contributed by atoms with Crippen molar-refractivity contribution in [2.75, 3.05) is 26.2 Å². The predicted molar refractivity (Wildman–Crippen MR) is 124 cm³/mol. The Labute approximate surface area is 197 Å². The molecule has 1 aromatic carbocycles. The molecule has 0 saturated heterocycles. The van der Waals surface area contributed by atoms with Crippen molar-refractivity contribution in [3.63, 3.8) is 0 Å². The maximum atomic E-state index is 14.7. The molecular formula is C22H25FN6O4S. The molecule has 2 amide bonds. The first-order chi connectivity index (χ1) is 16.0. The highest BCUT2D eigenvalue weighted by atomic mass is 32.2. The van der Waals surface area contributed by atoms with Gasteiger partial charge in [0.2, 0.25) is 5.88 Å². The molecule has 0 atom stereocenters. The van der Waals surface area contributed by atoms with Crippen LogP contribution in [0.15, 0.2) is 53.8 Å². The molecule has 0 aliphatic rings. The van der Waals surface area contributed by atoms with Crippen molar-refractivity contribution in [3.8, 4) is 17.0 Å². The minimum atomic E-state index is -4.32. The number of aromatic nitrogens is 3. The van der Waals surface area contributed by atoms with E-state index in [9.17, 15) is 17.6 Å². The van der Waals surface area contributed by atoms with Gasteiger partial charge in [-0.25, -0.2) is 28.9 Å². The lowest BCUT2D eigenvalue weighted by atomic mass is 9.94. The molecule has 1 N–H and O–H groups in total. The number of anilines is 1. The number of methoxy groups -OCH3 is 1. The molecular weight excluding hydrogens is 463 g/mol. The second kappa shape index (κ2) is 10.1. The third-order valence-electron chi connectivity index (χ3n) is 4.83. The topological polar surface area (TPSA) is 118 Å². The Balaban J connectivity index is 2.19. The molecule has 0 spiro atoms. The molecule has 2 heterocycles. The van der Waals surface area contributed by atoms with E-state index in [1.807, 2.05) is 18.6 Å². The number of rotatable bonds is 7. The number of hydrogen-bond acceptors (Lipinski definition) is 8. The van der Waals surface area contributed by atoms with E-state index in [1.54, 1.807) is 26.2 Å². The van der Waals surface area contributed by atoms with Gasteiger partial charge in [0, 0.05) is 38.1 Å². The number of halogens is 1. The molecule has 10 nitrogen and oxygen atoms in total. The minimum absolute atomic E-state index is 0.208. The number of nitrogens with zero attached hydrogens (tertiary/aromatic N) is 5. The average molecular weight is 489 g/mol. The van der Waals surface area contributed by atoms with Crippen molar-refractivity contribution >= 4 is 21.7 Å². The van der Waals surface area contributed by atoms with Crippen LogP contribution >= 0.6 is 0 Å². The van der Waals surface area contributed by atoms with Gasteiger partial charge in [-0.15, -0.1) is 5.10 Å². The van der Waals surface area contributed by atoms with Crippen molar-refractivity contribution in [2.45, 2.75) is 24.8 Å². The van der Waals surface area contributed by atoms with E-state index in [4.69, 9.17) is 4.74 Å². The van der Waals surface area contributed by atoms with E-state index < -0.39 is 26.9 Å². The van der Waals surface area contributed by atoms with Crippen molar-refractivity contribution in [1.82, 2.24) is 24.9 Å². The van der Waals surface area contributed by atoms with Crippen LogP contribution in [0.4, 0.5) is 14.9 Å². The Hall–Kier alpha value is -3.64. The van der Waals surface area contributed by atoms with E-state index in [-0.39, 0.29) is 5.92 Å².